The van der Waals surface area contributed by atoms with Crippen LogP contribution in [-0.2, 0) is 32.4 Å². The first-order valence-corrected chi connectivity index (χ1v) is 12.5. The van der Waals surface area contributed by atoms with Gasteiger partial charge in [-0.05, 0) is 33.3 Å². The molecule has 11 nitrogen and oxygen atoms in total. The summed E-state index contributed by atoms with van der Waals surface area (Å²) in [5.41, 5.74) is 6.48. The number of phosphoric acid groups is 1. The quantitative estimate of drug-likeness (QED) is 0.349. The Labute approximate surface area is 197 Å². The minimum absolute atomic E-state index is 0.0184. The topological polar surface area (TPSA) is 137 Å². The first-order chi connectivity index (χ1) is 16.1. The zero-order valence-corrected chi connectivity index (χ0v) is 20.4. The van der Waals surface area contributed by atoms with E-state index in [0.29, 0.717) is 16.9 Å². The summed E-state index contributed by atoms with van der Waals surface area (Å²) in [6.45, 7) is 6.98. The highest BCUT2D eigenvalue weighted by Gasteiger charge is 2.60. The van der Waals surface area contributed by atoms with E-state index >= 15 is 0 Å². The van der Waals surface area contributed by atoms with Crippen molar-refractivity contribution in [3.63, 3.8) is 0 Å². The molecule has 2 saturated heterocycles. The summed E-state index contributed by atoms with van der Waals surface area (Å²) in [6, 6.07) is 1.66. The van der Waals surface area contributed by atoms with Crippen LogP contribution in [0, 0.1) is 23.7 Å². The number of terminal acetylenes is 1. The van der Waals surface area contributed by atoms with E-state index in [-0.39, 0.29) is 31.7 Å². The van der Waals surface area contributed by atoms with Crippen LogP contribution in [0.25, 0.3) is 11.2 Å². The molecule has 4 heterocycles. The van der Waals surface area contributed by atoms with Crippen molar-refractivity contribution in [3.8, 4) is 12.3 Å². The zero-order valence-electron chi connectivity index (χ0n) is 19.5. The Morgan fingerprint density at radius 3 is 2.91 bits per heavy atom. The number of rotatable bonds is 7. The van der Waals surface area contributed by atoms with Crippen molar-refractivity contribution >= 4 is 30.6 Å². The van der Waals surface area contributed by atoms with Crippen molar-refractivity contribution in [2.24, 2.45) is 11.3 Å². The first-order valence-electron chi connectivity index (χ1n) is 11.1. The van der Waals surface area contributed by atoms with Gasteiger partial charge in [-0.1, -0.05) is 12.8 Å². The van der Waals surface area contributed by atoms with Crippen molar-refractivity contribution in [1.82, 2.24) is 14.5 Å². The number of nitrogens with two attached hydrogens (primary N) is 1. The molecule has 0 bridgehead atoms. The first kappa shape index (κ1) is 24.6. The number of phosphoric ester groups is 1. The van der Waals surface area contributed by atoms with Crippen LogP contribution in [0.5, 0.6) is 0 Å². The maximum absolute atomic E-state index is 13.2. The Bertz CT molecular complexity index is 1160. The van der Waals surface area contributed by atoms with Crippen LogP contribution < -0.4 is 5.73 Å². The largest absolute Gasteiger partial charge is 0.475 e. The van der Waals surface area contributed by atoms with Gasteiger partial charge in [0.2, 0.25) is 0 Å². The summed E-state index contributed by atoms with van der Waals surface area (Å²) in [6.07, 6.45) is 7.06. The highest BCUT2D eigenvalue weighted by atomic mass is 31.2. The molecular formula is C22H29N4O7P. The second kappa shape index (κ2) is 9.29. The molecule has 0 aliphatic carbocycles. The van der Waals surface area contributed by atoms with Gasteiger partial charge < -0.3 is 15.2 Å². The Morgan fingerprint density at radius 2 is 2.21 bits per heavy atom. The molecule has 4 rings (SSSR count). The molecule has 2 fully saturated rings. The van der Waals surface area contributed by atoms with Gasteiger partial charge in [-0.25, -0.2) is 14.5 Å². The number of pyridine rings is 1. The predicted molar refractivity (Wildman–Crippen MR) is 122 cm³/mol. The average Bonchev–Trinajstić information content (AvgIpc) is 3.33. The minimum atomic E-state index is -3.94. The number of fused-ring (bicyclic) bond motifs is 2. The van der Waals surface area contributed by atoms with Crippen LogP contribution in [-0.4, -0.2) is 52.0 Å². The van der Waals surface area contributed by atoms with Gasteiger partial charge in [-0.15, -0.1) is 6.42 Å². The van der Waals surface area contributed by atoms with Crippen LogP contribution in [0.1, 0.15) is 40.3 Å². The van der Waals surface area contributed by atoms with Gasteiger partial charge in [0.1, 0.15) is 23.1 Å². The number of imidazole rings is 1. The third kappa shape index (κ3) is 4.44. The van der Waals surface area contributed by atoms with E-state index in [9.17, 15) is 9.36 Å². The predicted octanol–water partition coefficient (Wildman–Crippen LogP) is 3.07. The lowest BCUT2D eigenvalue weighted by molar-refractivity contribution is -0.152. The summed E-state index contributed by atoms with van der Waals surface area (Å²) < 4.78 is 43.0. The molecule has 34 heavy (non-hydrogen) atoms. The van der Waals surface area contributed by atoms with Crippen molar-refractivity contribution in [2.75, 3.05) is 18.9 Å². The molecule has 0 unspecified atom stereocenters. The number of carbonyl (C=O) groups excluding carboxylic acids is 1. The second-order valence-corrected chi connectivity index (χ2v) is 10.6. The number of nitrogens with zero attached hydrogens (tertiary/aromatic N) is 3. The van der Waals surface area contributed by atoms with E-state index < -0.39 is 37.6 Å². The minimum Gasteiger partial charge on any atom is -0.463 e. The number of carbonyl (C=O) groups is 1. The Morgan fingerprint density at radius 1 is 1.44 bits per heavy atom. The van der Waals surface area contributed by atoms with Crippen molar-refractivity contribution in [1.29, 1.82) is 0 Å². The van der Waals surface area contributed by atoms with E-state index in [4.69, 9.17) is 35.2 Å². The van der Waals surface area contributed by atoms with E-state index in [0.717, 1.165) is 0 Å². The van der Waals surface area contributed by atoms with Gasteiger partial charge in [0.05, 0.1) is 37.3 Å². The molecule has 0 saturated carbocycles. The molecule has 2 aromatic rings. The molecule has 0 radical (unpaired) electrons. The number of nitrogen functional groups attached to an aromatic ring is 1. The average molecular weight is 492 g/mol. The molecule has 2 N–H and O–H groups in total. The summed E-state index contributed by atoms with van der Waals surface area (Å²) in [7, 11) is -3.94. The fourth-order valence-electron chi connectivity index (χ4n) is 4.05. The third-order valence-electron chi connectivity index (χ3n) is 6.00. The summed E-state index contributed by atoms with van der Waals surface area (Å²) in [4.78, 5) is 20.7. The van der Waals surface area contributed by atoms with Crippen molar-refractivity contribution < 1.29 is 32.4 Å². The number of hydrogen-bond donors (Lipinski definition) is 1. The van der Waals surface area contributed by atoms with Crippen LogP contribution in [0.2, 0.25) is 0 Å². The lowest BCUT2D eigenvalue weighted by atomic mass is 9.83. The Kier molecular flexibility index (Phi) is 6.73. The highest BCUT2D eigenvalue weighted by molar-refractivity contribution is 7.48. The Balaban J connectivity index is 1.48. The second-order valence-electron chi connectivity index (χ2n) is 8.96. The number of anilines is 1. The molecule has 184 valence electrons. The smallest absolute Gasteiger partial charge is 0.463 e. The fourth-order valence-corrected chi connectivity index (χ4v) is 5.54. The van der Waals surface area contributed by atoms with E-state index in [1.165, 1.54) is 0 Å². The number of aromatic nitrogens is 3. The van der Waals surface area contributed by atoms with Gasteiger partial charge in [-0.2, -0.15) is 0 Å². The molecule has 2 aliphatic rings. The third-order valence-corrected chi connectivity index (χ3v) is 7.44. The molecule has 0 aromatic carbocycles. The van der Waals surface area contributed by atoms with Crippen molar-refractivity contribution in [3.05, 3.63) is 18.6 Å². The number of esters is 1. The highest BCUT2D eigenvalue weighted by Crippen LogP contribution is 2.61. The summed E-state index contributed by atoms with van der Waals surface area (Å²) in [5, 5.41) is 0. The maximum Gasteiger partial charge on any atom is 0.475 e. The van der Waals surface area contributed by atoms with E-state index in [1.807, 2.05) is 0 Å². The standard InChI is InChI=1S/C22H29N4O7P/c1-6-22(5)18-16(32-21(22)26-12-25-17-15(23)7-9-24-19(17)26)11-30-34(28,33-18)29-10-8-14(4)20(27)31-13(2)3/h1,7,9,12-14,16,18,21H,8,10-11H2,2-5H3,(H2,23,24)/t14-,16+,18+,21+,22+,34+/m0/s1. The molecule has 0 amide bonds. The monoisotopic (exact) mass is 492 g/mol. The Hall–Kier alpha value is -2.48. The molecule has 0 spiro atoms. The summed E-state index contributed by atoms with van der Waals surface area (Å²) in [5.74, 6) is 1.97. The van der Waals surface area contributed by atoms with Crippen LogP contribution >= 0.6 is 7.82 Å². The molecule has 2 aliphatic heterocycles. The van der Waals surface area contributed by atoms with Gasteiger partial charge in [0.15, 0.2) is 11.9 Å². The van der Waals surface area contributed by atoms with Gasteiger partial charge in [0, 0.05) is 6.20 Å². The van der Waals surface area contributed by atoms with Gasteiger partial charge >= 0.3 is 13.8 Å². The molecule has 2 aromatic heterocycles. The number of hydrogen-bond acceptors (Lipinski definition) is 10. The molecular weight excluding hydrogens is 463 g/mol. The maximum atomic E-state index is 13.2. The fraction of sp³-hybridized carbons (Fsp3) is 0.591. The zero-order chi connectivity index (χ0) is 24.7. The number of ether oxygens (including phenoxy) is 2. The summed E-state index contributed by atoms with van der Waals surface area (Å²) >= 11 is 0. The van der Waals surface area contributed by atoms with E-state index in [2.05, 4.69) is 15.9 Å². The van der Waals surface area contributed by atoms with E-state index in [1.54, 1.807) is 50.9 Å². The van der Waals surface area contributed by atoms with Crippen LogP contribution in [0.15, 0.2) is 18.6 Å². The van der Waals surface area contributed by atoms with Crippen molar-refractivity contribution in [2.45, 2.75) is 58.7 Å². The lowest BCUT2D eigenvalue weighted by Gasteiger charge is -2.35. The normalized spacial score (nSPS) is 31.8. The van der Waals surface area contributed by atoms with Crippen LogP contribution in [0.3, 0.4) is 0 Å². The van der Waals surface area contributed by atoms with Gasteiger partial charge in [-0.3, -0.25) is 22.9 Å². The molecule has 6 atom stereocenters. The van der Waals surface area contributed by atoms with Crippen LogP contribution in [0.4, 0.5) is 5.69 Å². The SMILES string of the molecule is C#C[C@]1(C)[C@@H]2O[P@](=O)(OCC[C@H](C)C(=O)OC(C)C)OC[C@H]2O[C@H]1n1cnc2c(N)ccnc21. The molecule has 12 heteroatoms. The van der Waals surface area contributed by atoms with Gasteiger partial charge in [0.25, 0.3) is 0 Å². The lowest BCUT2D eigenvalue weighted by Crippen LogP contribution is -2.42.